The Hall–Kier alpha value is -3.30. The summed E-state index contributed by atoms with van der Waals surface area (Å²) >= 11 is 3.38. The van der Waals surface area contributed by atoms with Gasteiger partial charge in [0.15, 0.2) is 6.61 Å². The van der Waals surface area contributed by atoms with E-state index in [1.54, 1.807) is 30.5 Å². The van der Waals surface area contributed by atoms with Gasteiger partial charge in [-0.1, -0.05) is 34.0 Å². The number of rotatable bonds is 6. The molecule has 3 aromatic rings. The Morgan fingerprint density at radius 1 is 1.22 bits per heavy atom. The summed E-state index contributed by atoms with van der Waals surface area (Å²) in [6, 6.07) is 18.2. The van der Waals surface area contributed by atoms with Crippen LogP contribution in [0.4, 0.5) is 5.69 Å². The number of terminal acetylenes is 1. The molecular weight excluding hydrogens is 408 g/mol. The van der Waals surface area contributed by atoms with Crippen molar-refractivity contribution in [3.63, 3.8) is 0 Å². The van der Waals surface area contributed by atoms with Gasteiger partial charge in [-0.3, -0.25) is 5.43 Å². The van der Waals surface area contributed by atoms with Crippen LogP contribution in [0.1, 0.15) is 16.1 Å². The van der Waals surface area contributed by atoms with Gasteiger partial charge in [-0.05, 0) is 48.5 Å². The van der Waals surface area contributed by atoms with Gasteiger partial charge < -0.3 is 9.15 Å². The first-order valence-electron chi connectivity index (χ1n) is 8.01. The summed E-state index contributed by atoms with van der Waals surface area (Å²) in [5, 5.41) is 4.15. The van der Waals surface area contributed by atoms with Gasteiger partial charge in [0.2, 0.25) is 0 Å². The third kappa shape index (κ3) is 5.09. The van der Waals surface area contributed by atoms with Crippen molar-refractivity contribution in [2.45, 2.75) is 0 Å². The van der Waals surface area contributed by atoms with Crippen molar-refractivity contribution >= 4 is 33.8 Å². The molecule has 0 aliphatic rings. The van der Waals surface area contributed by atoms with E-state index in [0.29, 0.717) is 17.1 Å². The minimum atomic E-state index is -0.471. The predicted molar refractivity (Wildman–Crippen MR) is 109 cm³/mol. The van der Waals surface area contributed by atoms with Gasteiger partial charge >= 0.3 is 5.97 Å². The number of carbonyl (C=O) groups excluding carboxylic acids is 1. The molecule has 0 aliphatic heterocycles. The van der Waals surface area contributed by atoms with E-state index in [9.17, 15) is 4.79 Å². The number of nitrogens with zero attached hydrogens (tertiary/aromatic N) is 1. The highest BCUT2D eigenvalue weighted by atomic mass is 79.9. The number of ether oxygens (including phenoxy) is 1. The summed E-state index contributed by atoms with van der Waals surface area (Å²) in [6.07, 6.45) is 6.68. The van der Waals surface area contributed by atoms with Gasteiger partial charge in [-0.2, -0.15) is 5.10 Å². The first-order valence-corrected chi connectivity index (χ1v) is 8.80. The topological polar surface area (TPSA) is 63.8 Å². The van der Waals surface area contributed by atoms with Gasteiger partial charge in [0, 0.05) is 10.0 Å². The molecule has 0 saturated carbocycles. The number of hydrogen-bond acceptors (Lipinski definition) is 5. The monoisotopic (exact) mass is 422 g/mol. The first kappa shape index (κ1) is 18.5. The zero-order valence-corrected chi connectivity index (χ0v) is 15.8. The second-order valence-electron chi connectivity index (χ2n) is 5.44. The summed E-state index contributed by atoms with van der Waals surface area (Å²) in [5.74, 6) is 2.99. The van der Waals surface area contributed by atoms with Crippen LogP contribution in [-0.2, 0) is 4.74 Å². The van der Waals surface area contributed by atoms with E-state index in [1.165, 1.54) is 0 Å². The van der Waals surface area contributed by atoms with Gasteiger partial charge in [-0.25, -0.2) is 4.79 Å². The number of anilines is 1. The lowest BCUT2D eigenvalue weighted by molar-refractivity contribution is 0.0557. The van der Waals surface area contributed by atoms with Crippen LogP contribution in [0.5, 0.6) is 0 Å². The lowest BCUT2D eigenvalue weighted by atomic mass is 10.1. The fourth-order valence-electron chi connectivity index (χ4n) is 2.26. The molecule has 0 bridgehead atoms. The highest BCUT2D eigenvalue weighted by molar-refractivity contribution is 9.10. The predicted octanol–water partition coefficient (Wildman–Crippen LogP) is 4.95. The fourth-order valence-corrected chi connectivity index (χ4v) is 2.53. The van der Waals surface area contributed by atoms with Crippen molar-refractivity contribution in [3.8, 4) is 23.7 Å². The third-order valence-electron chi connectivity index (χ3n) is 3.53. The second-order valence-corrected chi connectivity index (χ2v) is 6.36. The average Bonchev–Trinajstić information content (AvgIpc) is 3.17. The highest BCUT2D eigenvalue weighted by Gasteiger charge is 2.10. The normalized spacial score (nSPS) is 10.5. The van der Waals surface area contributed by atoms with Gasteiger partial charge in [0.05, 0.1) is 17.5 Å². The van der Waals surface area contributed by atoms with Crippen LogP contribution >= 0.6 is 15.9 Å². The molecule has 0 fully saturated rings. The standard InChI is InChI=1S/C21H15BrN2O3/c1-2-12-26-21(25)16-5-3-4-15(13-16)20-11-10-19(27-20)14-23-24-18-8-6-17(22)7-9-18/h1,3-11,13-14,24H,12H2. The molecule has 2 aromatic carbocycles. The Balaban J connectivity index is 1.68. The maximum Gasteiger partial charge on any atom is 0.339 e. The Bertz CT molecular complexity index is 1000. The van der Waals surface area contributed by atoms with Crippen LogP contribution in [0.2, 0.25) is 0 Å². The molecule has 0 unspecified atom stereocenters. The summed E-state index contributed by atoms with van der Waals surface area (Å²) in [7, 11) is 0. The summed E-state index contributed by atoms with van der Waals surface area (Å²) in [5.41, 5.74) is 4.95. The number of esters is 1. The number of carbonyl (C=O) groups is 1. The van der Waals surface area contributed by atoms with Crippen molar-refractivity contribution in [3.05, 3.63) is 76.5 Å². The van der Waals surface area contributed by atoms with E-state index in [4.69, 9.17) is 15.6 Å². The summed E-state index contributed by atoms with van der Waals surface area (Å²) in [4.78, 5) is 11.9. The van der Waals surface area contributed by atoms with Crippen LogP contribution in [0.3, 0.4) is 0 Å². The average molecular weight is 423 g/mol. The van der Waals surface area contributed by atoms with E-state index >= 15 is 0 Å². The maximum atomic E-state index is 11.9. The Morgan fingerprint density at radius 2 is 2.04 bits per heavy atom. The number of benzene rings is 2. The molecular formula is C21H15BrN2O3. The summed E-state index contributed by atoms with van der Waals surface area (Å²) in [6.45, 7) is -0.0597. The smallest absolute Gasteiger partial charge is 0.339 e. The van der Waals surface area contributed by atoms with Crippen molar-refractivity contribution in [2.24, 2.45) is 5.10 Å². The van der Waals surface area contributed by atoms with Gasteiger partial charge in [0.25, 0.3) is 0 Å². The van der Waals surface area contributed by atoms with Crippen LogP contribution in [0, 0.1) is 12.3 Å². The van der Waals surface area contributed by atoms with Crippen molar-refractivity contribution in [2.75, 3.05) is 12.0 Å². The zero-order chi connectivity index (χ0) is 19.1. The van der Waals surface area contributed by atoms with Crippen molar-refractivity contribution < 1.29 is 13.9 Å². The van der Waals surface area contributed by atoms with Crippen LogP contribution < -0.4 is 5.43 Å². The molecule has 134 valence electrons. The maximum absolute atomic E-state index is 11.9. The largest absolute Gasteiger partial charge is 0.455 e. The molecule has 27 heavy (non-hydrogen) atoms. The van der Waals surface area contributed by atoms with Gasteiger partial charge in [-0.15, -0.1) is 6.42 Å². The molecule has 5 nitrogen and oxygen atoms in total. The van der Waals surface area contributed by atoms with E-state index in [0.717, 1.165) is 15.7 Å². The van der Waals surface area contributed by atoms with E-state index < -0.39 is 5.97 Å². The van der Waals surface area contributed by atoms with Crippen LogP contribution in [-0.4, -0.2) is 18.8 Å². The zero-order valence-electron chi connectivity index (χ0n) is 14.2. The summed E-state index contributed by atoms with van der Waals surface area (Å²) < 4.78 is 11.7. The lowest BCUT2D eigenvalue weighted by Crippen LogP contribution is -2.05. The van der Waals surface area contributed by atoms with Crippen LogP contribution in [0.25, 0.3) is 11.3 Å². The van der Waals surface area contributed by atoms with E-state index in [2.05, 4.69) is 32.4 Å². The third-order valence-corrected chi connectivity index (χ3v) is 4.05. The lowest BCUT2D eigenvalue weighted by Gasteiger charge is -2.03. The number of nitrogens with one attached hydrogen (secondary N) is 1. The number of hydrazone groups is 1. The molecule has 1 N–H and O–H groups in total. The number of halogens is 1. The van der Waals surface area contributed by atoms with Crippen molar-refractivity contribution in [1.29, 1.82) is 0 Å². The van der Waals surface area contributed by atoms with Crippen molar-refractivity contribution in [1.82, 2.24) is 0 Å². The molecule has 0 atom stereocenters. The molecule has 0 saturated heterocycles. The van der Waals surface area contributed by atoms with Crippen LogP contribution in [0.15, 0.2) is 74.7 Å². The minimum absolute atomic E-state index is 0.0597. The van der Waals surface area contributed by atoms with E-state index in [1.807, 2.05) is 36.4 Å². The number of hydrogen-bond donors (Lipinski definition) is 1. The minimum Gasteiger partial charge on any atom is -0.455 e. The molecule has 1 aromatic heterocycles. The molecule has 0 radical (unpaired) electrons. The Labute approximate surface area is 165 Å². The quantitative estimate of drug-likeness (QED) is 0.264. The van der Waals surface area contributed by atoms with Gasteiger partial charge in [0.1, 0.15) is 11.5 Å². The fraction of sp³-hybridized carbons (Fsp3) is 0.0476. The van der Waals surface area contributed by atoms with E-state index in [-0.39, 0.29) is 6.61 Å². The molecule has 0 amide bonds. The molecule has 0 spiro atoms. The molecule has 6 heteroatoms. The SMILES string of the molecule is C#CCOC(=O)c1cccc(-c2ccc(C=NNc3ccc(Br)cc3)o2)c1. The molecule has 0 aliphatic carbocycles. The second kappa shape index (κ2) is 8.88. The highest BCUT2D eigenvalue weighted by Crippen LogP contribution is 2.23. The molecule has 3 rings (SSSR count). The first-order chi connectivity index (χ1) is 13.2. The Kier molecular flexibility index (Phi) is 6.08. The Morgan fingerprint density at radius 3 is 2.81 bits per heavy atom. The molecule has 1 heterocycles. The number of furan rings is 1.